The highest BCUT2D eigenvalue weighted by Gasteiger charge is 2.28. The van der Waals surface area contributed by atoms with Crippen LogP contribution in [0.25, 0.3) is 0 Å². The van der Waals surface area contributed by atoms with Crippen LogP contribution in [0.1, 0.15) is 77.7 Å². The molecule has 0 aliphatic heterocycles. The molecule has 2 atom stereocenters. The number of nitrogens with one attached hydrogen (secondary N) is 1. The zero-order valence-electron chi connectivity index (χ0n) is 19.7. The highest BCUT2D eigenvalue weighted by molar-refractivity contribution is 14.1. The van der Waals surface area contributed by atoms with E-state index in [2.05, 4.69) is 48.7 Å². The van der Waals surface area contributed by atoms with Crippen LogP contribution in [0, 0.1) is 0 Å². The number of amides is 1. The summed E-state index contributed by atoms with van der Waals surface area (Å²) in [6, 6.07) is 9.72. The number of hydrogen-bond donors (Lipinski definition) is 1. The Labute approximate surface area is 203 Å². The molecule has 0 aliphatic rings. The van der Waals surface area contributed by atoms with Gasteiger partial charge in [0.2, 0.25) is 0 Å². The number of alkyl halides is 1. The van der Waals surface area contributed by atoms with Crippen LogP contribution >= 0.6 is 22.6 Å². The molecule has 0 radical (unpaired) electrons. The van der Waals surface area contributed by atoms with Crippen LogP contribution in [-0.4, -0.2) is 42.0 Å². The van der Waals surface area contributed by atoms with E-state index in [1.165, 1.54) is 6.42 Å². The second kappa shape index (κ2) is 17.7. The van der Waals surface area contributed by atoms with Gasteiger partial charge in [-0.25, -0.2) is 4.79 Å². The molecule has 0 saturated carbocycles. The van der Waals surface area contributed by atoms with Gasteiger partial charge in [0.1, 0.15) is 6.61 Å². The van der Waals surface area contributed by atoms with Crippen LogP contribution in [0.5, 0.6) is 0 Å². The Kier molecular flexibility index (Phi) is 16.1. The summed E-state index contributed by atoms with van der Waals surface area (Å²) in [5.41, 5.74) is 0.796. The molecule has 31 heavy (non-hydrogen) atoms. The Morgan fingerprint density at radius 3 is 2.52 bits per heavy atom. The number of ether oxygens (including phenoxy) is 3. The molecular formula is C25H42INO4. The first kappa shape index (κ1) is 28.2. The van der Waals surface area contributed by atoms with Crippen molar-refractivity contribution in [3.8, 4) is 0 Å². The molecule has 0 aliphatic carbocycles. The van der Waals surface area contributed by atoms with Crippen LogP contribution in [0.2, 0.25) is 0 Å². The van der Waals surface area contributed by atoms with E-state index >= 15 is 0 Å². The van der Waals surface area contributed by atoms with Gasteiger partial charge in [-0.3, -0.25) is 0 Å². The second-order valence-electron chi connectivity index (χ2n) is 8.18. The second-order valence-corrected chi connectivity index (χ2v) is 8.95. The summed E-state index contributed by atoms with van der Waals surface area (Å²) in [5, 5.41) is 2.88. The lowest BCUT2D eigenvalue weighted by Gasteiger charge is -2.32. The van der Waals surface area contributed by atoms with Crippen molar-refractivity contribution >= 4 is 28.7 Å². The number of rotatable bonds is 18. The Hall–Kier alpha value is -0.860. The van der Waals surface area contributed by atoms with Crippen LogP contribution in [0.3, 0.4) is 0 Å². The number of halogens is 1. The summed E-state index contributed by atoms with van der Waals surface area (Å²) in [5.74, 6) is 0. The third-order valence-corrected chi connectivity index (χ3v) is 6.72. The molecule has 1 rings (SSSR count). The minimum Gasteiger partial charge on any atom is -0.445 e. The number of hydrogen-bond acceptors (Lipinski definition) is 4. The van der Waals surface area contributed by atoms with E-state index in [1.54, 1.807) is 0 Å². The van der Waals surface area contributed by atoms with Gasteiger partial charge in [0.25, 0.3) is 0 Å². The minimum absolute atomic E-state index is 0.189. The molecule has 0 fully saturated rings. The minimum atomic E-state index is -0.375. The summed E-state index contributed by atoms with van der Waals surface area (Å²) in [6.45, 7) is 8.98. The maximum atomic E-state index is 12.0. The molecule has 1 unspecified atom stereocenters. The van der Waals surface area contributed by atoms with Crippen molar-refractivity contribution in [3.63, 3.8) is 0 Å². The summed E-state index contributed by atoms with van der Waals surface area (Å²) < 4.78 is 18.4. The zero-order chi connectivity index (χ0) is 22.8. The van der Waals surface area contributed by atoms with Crippen molar-refractivity contribution in [1.82, 2.24) is 5.32 Å². The monoisotopic (exact) mass is 547 g/mol. The largest absolute Gasteiger partial charge is 0.445 e. The molecule has 0 bridgehead atoms. The first-order chi connectivity index (χ1) is 15.0. The molecule has 0 aromatic heterocycles. The Balaban J connectivity index is 2.28. The smallest absolute Gasteiger partial charge is 0.407 e. The quantitative estimate of drug-likeness (QED) is 0.127. The fourth-order valence-electron chi connectivity index (χ4n) is 3.40. The van der Waals surface area contributed by atoms with Crippen LogP contribution in [0.15, 0.2) is 30.3 Å². The topological polar surface area (TPSA) is 56.8 Å². The number of alkyl carbamates (subject to hydrolysis) is 1. The summed E-state index contributed by atoms with van der Waals surface area (Å²) in [4.78, 5) is 12.0. The lowest BCUT2D eigenvalue weighted by Crippen LogP contribution is -2.39. The Morgan fingerprint density at radius 2 is 1.84 bits per heavy atom. The van der Waals surface area contributed by atoms with Gasteiger partial charge in [0.15, 0.2) is 0 Å². The molecule has 1 amide bonds. The average molecular weight is 548 g/mol. The summed E-state index contributed by atoms with van der Waals surface area (Å²) in [6.07, 6.45) is 8.33. The highest BCUT2D eigenvalue weighted by atomic mass is 127. The molecule has 5 nitrogen and oxygen atoms in total. The normalized spacial score (nSPS) is 14.1. The van der Waals surface area contributed by atoms with Crippen LogP contribution in [0.4, 0.5) is 4.79 Å². The van der Waals surface area contributed by atoms with Crippen LogP contribution < -0.4 is 5.32 Å². The van der Waals surface area contributed by atoms with Gasteiger partial charge in [0, 0.05) is 24.2 Å². The number of carbonyl (C=O) groups excluding carboxylic acids is 1. The Bertz CT molecular complexity index is 572. The van der Waals surface area contributed by atoms with Gasteiger partial charge in [-0.05, 0) is 51.0 Å². The highest BCUT2D eigenvalue weighted by Crippen LogP contribution is 2.26. The van der Waals surface area contributed by atoms with E-state index in [0.29, 0.717) is 12.6 Å². The maximum absolute atomic E-state index is 12.0. The van der Waals surface area contributed by atoms with Gasteiger partial charge >= 0.3 is 6.09 Å². The predicted molar refractivity (Wildman–Crippen MR) is 136 cm³/mol. The molecule has 6 heteroatoms. The molecule has 0 saturated heterocycles. The average Bonchev–Trinajstić information content (AvgIpc) is 2.78. The van der Waals surface area contributed by atoms with Crippen molar-refractivity contribution < 1.29 is 19.0 Å². The van der Waals surface area contributed by atoms with Gasteiger partial charge < -0.3 is 19.5 Å². The van der Waals surface area contributed by atoms with Crippen molar-refractivity contribution in [3.05, 3.63) is 35.9 Å². The molecule has 1 aromatic rings. The number of benzene rings is 1. The van der Waals surface area contributed by atoms with E-state index < -0.39 is 0 Å². The van der Waals surface area contributed by atoms with Crippen molar-refractivity contribution in [2.24, 2.45) is 0 Å². The van der Waals surface area contributed by atoms with Gasteiger partial charge in [-0.15, -0.1) is 0 Å². The van der Waals surface area contributed by atoms with E-state index in [0.717, 1.165) is 68.2 Å². The standard InChI is InChI=1S/C25H42INO4/c1-4-6-18-29-22(3)12-10-11-19-31-25(21-26,15-5-2)16-17-27-24(28)30-20-23-13-8-7-9-14-23/h7-9,13-14,22H,4-6,10-12,15-21H2,1-3H3,(H,27,28)/t22-,25?/m1/s1. The van der Waals surface area contributed by atoms with Gasteiger partial charge in [-0.1, -0.05) is 79.6 Å². The molecule has 0 spiro atoms. The molecule has 0 heterocycles. The van der Waals surface area contributed by atoms with Crippen LogP contribution in [-0.2, 0) is 20.8 Å². The lowest BCUT2D eigenvalue weighted by molar-refractivity contribution is -0.0400. The van der Waals surface area contributed by atoms with Crippen molar-refractivity contribution in [1.29, 1.82) is 0 Å². The fraction of sp³-hybridized carbons (Fsp3) is 0.720. The number of unbranched alkanes of at least 4 members (excludes halogenated alkanes) is 2. The SMILES string of the molecule is CCCCO[C@H](C)CCCCOC(CI)(CCC)CCNC(=O)OCc1ccccc1. The summed E-state index contributed by atoms with van der Waals surface area (Å²) in [7, 11) is 0. The third-order valence-electron chi connectivity index (χ3n) is 5.33. The van der Waals surface area contributed by atoms with Gasteiger partial charge in [-0.2, -0.15) is 0 Å². The van der Waals surface area contributed by atoms with E-state index in [1.807, 2.05) is 30.3 Å². The van der Waals surface area contributed by atoms with Gasteiger partial charge in [0.05, 0.1) is 11.7 Å². The zero-order valence-corrected chi connectivity index (χ0v) is 21.8. The van der Waals surface area contributed by atoms with Crippen molar-refractivity contribution in [2.75, 3.05) is 24.2 Å². The molecule has 178 valence electrons. The van der Waals surface area contributed by atoms with E-state index in [9.17, 15) is 4.79 Å². The third kappa shape index (κ3) is 13.3. The number of carbonyl (C=O) groups is 1. The predicted octanol–water partition coefficient (Wildman–Crippen LogP) is 6.67. The van der Waals surface area contributed by atoms with Crippen molar-refractivity contribution in [2.45, 2.75) is 90.4 Å². The molecule has 1 aromatic carbocycles. The first-order valence-corrected chi connectivity index (χ1v) is 13.3. The summed E-state index contributed by atoms with van der Waals surface area (Å²) >= 11 is 2.41. The maximum Gasteiger partial charge on any atom is 0.407 e. The fourth-order valence-corrected chi connectivity index (χ4v) is 4.38. The Morgan fingerprint density at radius 1 is 1.06 bits per heavy atom. The van der Waals surface area contributed by atoms with E-state index in [4.69, 9.17) is 14.2 Å². The lowest BCUT2D eigenvalue weighted by atomic mass is 9.96. The van der Waals surface area contributed by atoms with E-state index in [-0.39, 0.29) is 18.3 Å². The molecule has 1 N–H and O–H groups in total. The molecular weight excluding hydrogens is 505 g/mol. The first-order valence-electron chi connectivity index (χ1n) is 11.8.